The number of methoxy groups -OCH3 is 1. The third-order valence-electron chi connectivity index (χ3n) is 10.9. The summed E-state index contributed by atoms with van der Waals surface area (Å²) in [5.74, 6) is 0.242. The molecule has 62 heavy (non-hydrogen) atoms. The van der Waals surface area contributed by atoms with Crippen molar-refractivity contribution in [2.75, 3.05) is 33.3 Å². The largest absolute Gasteiger partial charge is 0.457 e. The first-order chi connectivity index (χ1) is 29.6. The van der Waals surface area contributed by atoms with Gasteiger partial charge in [0.15, 0.2) is 0 Å². The van der Waals surface area contributed by atoms with Crippen LogP contribution in [0, 0.1) is 18.3 Å². The zero-order valence-corrected chi connectivity index (χ0v) is 37.2. The van der Waals surface area contributed by atoms with Crippen LogP contribution in [0.25, 0.3) is 0 Å². The molecule has 1 fully saturated rings. The minimum atomic E-state index is -1.20. The van der Waals surface area contributed by atoms with E-state index in [1.165, 1.54) is 7.11 Å². The predicted molar refractivity (Wildman–Crippen MR) is 238 cm³/mol. The molecule has 0 bridgehead atoms. The summed E-state index contributed by atoms with van der Waals surface area (Å²) in [6, 6.07) is 27.8. The average molecular weight is 870 g/mol. The molecule has 1 aliphatic rings. The zero-order chi connectivity index (χ0) is 44.8. The topological polar surface area (TPSA) is 166 Å². The number of nitrogens with zero attached hydrogens (tertiary/aromatic N) is 4. The molecule has 0 aliphatic carbocycles. The number of nitrogens with one attached hydrogen (secondary N) is 3. The van der Waals surface area contributed by atoms with Crippen molar-refractivity contribution in [3.63, 3.8) is 0 Å². The molecule has 1 saturated heterocycles. The number of aromatic nitrogens is 1. The number of pyridine rings is 1. The minimum Gasteiger partial charge on any atom is -0.457 e. The van der Waals surface area contributed by atoms with Crippen molar-refractivity contribution in [2.45, 2.75) is 85.2 Å². The van der Waals surface area contributed by atoms with Crippen molar-refractivity contribution in [3.8, 4) is 11.5 Å². The van der Waals surface area contributed by atoms with Gasteiger partial charge in [-0.15, -0.1) is 0 Å². The monoisotopic (exact) mass is 869 g/mol. The van der Waals surface area contributed by atoms with Gasteiger partial charge in [-0.1, -0.05) is 94.2 Å². The summed E-state index contributed by atoms with van der Waals surface area (Å²) in [5, 5.41) is 20.2. The van der Waals surface area contributed by atoms with Crippen LogP contribution in [-0.2, 0) is 33.8 Å². The number of aryl methyl sites for hydroxylation is 1. The smallest absolute Gasteiger partial charge is 0.406 e. The lowest BCUT2D eigenvalue weighted by Gasteiger charge is -2.35. The first-order valence-corrected chi connectivity index (χ1v) is 21.4. The normalized spacial score (nSPS) is 14.8. The van der Waals surface area contributed by atoms with E-state index in [-0.39, 0.29) is 56.2 Å². The minimum absolute atomic E-state index is 0.0326. The lowest BCUT2D eigenvalue weighted by Crippen LogP contribution is -2.58. The number of rotatable bonds is 21. The molecule has 4 atom stereocenters. The molecular weight excluding hydrogens is 810 g/mol. The van der Waals surface area contributed by atoms with Gasteiger partial charge in [-0.05, 0) is 84.3 Å². The molecule has 14 nitrogen and oxygen atoms in total. The van der Waals surface area contributed by atoms with E-state index in [2.05, 4.69) is 21.0 Å². The van der Waals surface area contributed by atoms with E-state index >= 15 is 0 Å². The van der Waals surface area contributed by atoms with Gasteiger partial charge in [0.2, 0.25) is 11.8 Å². The van der Waals surface area contributed by atoms with Crippen LogP contribution in [0.4, 0.5) is 9.59 Å². The van der Waals surface area contributed by atoms with E-state index in [1.807, 2.05) is 107 Å². The molecule has 3 aromatic carbocycles. The lowest BCUT2D eigenvalue weighted by molar-refractivity contribution is -0.131. The molecule has 0 radical (unpaired) electrons. The molecule has 332 valence electrons. The van der Waals surface area contributed by atoms with E-state index < -0.39 is 29.7 Å². The molecule has 4 aromatic rings. The third-order valence-corrected chi connectivity index (χ3v) is 11.1. The number of hydrogen-bond acceptors (Lipinski definition) is 9. The number of ether oxygens (including phenoxy) is 2. The SMILES string of the molecule is CCC(C)C(C(=O)NC(Cc1ccccc1)C(O)CN(Cc1cccc(Oc2ccc(Cl)cc2)c1)NC(=O)CC(C)(C)CNC(=O)OC)N1CCN(Cc2cccc(C)n2)C1=O. The Kier molecular flexibility index (Phi) is 17.1. The molecule has 1 aliphatic heterocycles. The second kappa shape index (κ2) is 22.4. The fourth-order valence-corrected chi connectivity index (χ4v) is 7.53. The summed E-state index contributed by atoms with van der Waals surface area (Å²) in [6.45, 7) is 11.0. The first-order valence-electron chi connectivity index (χ1n) is 21.0. The van der Waals surface area contributed by atoms with E-state index in [9.17, 15) is 24.3 Å². The Bertz CT molecular complexity index is 2110. The number of benzene rings is 3. The number of carbonyl (C=O) groups is 4. The van der Waals surface area contributed by atoms with Crippen molar-refractivity contribution < 1.29 is 33.8 Å². The van der Waals surface area contributed by atoms with Crippen molar-refractivity contribution in [2.24, 2.45) is 11.3 Å². The number of hydrogen-bond donors (Lipinski definition) is 4. The molecule has 5 rings (SSSR count). The highest BCUT2D eigenvalue weighted by molar-refractivity contribution is 6.30. The Labute approximate surface area is 369 Å². The van der Waals surface area contributed by atoms with Gasteiger partial charge in [-0.2, -0.15) is 0 Å². The van der Waals surface area contributed by atoms with Crippen LogP contribution in [0.15, 0.2) is 97.1 Å². The van der Waals surface area contributed by atoms with Crippen LogP contribution in [-0.4, -0.2) is 100 Å². The second-order valence-corrected chi connectivity index (χ2v) is 17.1. The molecule has 15 heteroatoms. The number of urea groups is 1. The number of aliphatic hydroxyl groups is 1. The Morgan fingerprint density at radius 2 is 1.66 bits per heavy atom. The van der Waals surface area contributed by atoms with Crippen molar-refractivity contribution in [3.05, 3.63) is 125 Å². The van der Waals surface area contributed by atoms with Gasteiger partial charge in [0.05, 0.1) is 31.5 Å². The zero-order valence-electron chi connectivity index (χ0n) is 36.5. The molecular formula is C47H60ClN7O7. The second-order valence-electron chi connectivity index (χ2n) is 16.7. The summed E-state index contributed by atoms with van der Waals surface area (Å²) in [7, 11) is 1.27. The van der Waals surface area contributed by atoms with Gasteiger partial charge in [0.25, 0.3) is 0 Å². The lowest BCUT2D eigenvalue weighted by atomic mass is 9.89. The van der Waals surface area contributed by atoms with E-state index in [4.69, 9.17) is 21.1 Å². The van der Waals surface area contributed by atoms with Crippen LogP contribution in [0.2, 0.25) is 5.02 Å². The Morgan fingerprint density at radius 3 is 2.35 bits per heavy atom. The quantitative estimate of drug-likeness (QED) is 0.0654. The molecule has 0 saturated carbocycles. The summed E-state index contributed by atoms with van der Waals surface area (Å²) in [4.78, 5) is 61.9. The number of halogens is 1. The number of hydrazine groups is 1. The summed E-state index contributed by atoms with van der Waals surface area (Å²) < 4.78 is 10.8. The van der Waals surface area contributed by atoms with Crippen LogP contribution < -0.4 is 20.8 Å². The third kappa shape index (κ3) is 14.2. The van der Waals surface area contributed by atoms with Crippen LogP contribution in [0.5, 0.6) is 11.5 Å². The van der Waals surface area contributed by atoms with E-state index in [0.29, 0.717) is 42.6 Å². The average Bonchev–Trinajstić information content (AvgIpc) is 3.58. The number of amides is 5. The Morgan fingerprint density at radius 1 is 0.952 bits per heavy atom. The van der Waals surface area contributed by atoms with Gasteiger partial charge >= 0.3 is 12.1 Å². The molecule has 4 unspecified atom stereocenters. The van der Waals surface area contributed by atoms with Gasteiger partial charge in [0.1, 0.15) is 17.5 Å². The molecule has 2 heterocycles. The summed E-state index contributed by atoms with van der Waals surface area (Å²) in [6.07, 6.45) is -0.849. The van der Waals surface area contributed by atoms with Crippen LogP contribution >= 0.6 is 11.6 Å². The fraction of sp³-hybridized carbons (Fsp3) is 0.426. The number of aliphatic hydroxyl groups excluding tert-OH is 1. The Hall–Kier alpha value is -5.70. The van der Waals surface area contributed by atoms with Gasteiger partial charge in [-0.3, -0.25) is 20.0 Å². The highest BCUT2D eigenvalue weighted by Gasteiger charge is 2.41. The van der Waals surface area contributed by atoms with E-state index in [0.717, 1.165) is 22.5 Å². The highest BCUT2D eigenvalue weighted by Crippen LogP contribution is 2.26. The maximum absolute atomic E-state index is 14.5. The summed E-state index contributed by atoms with van der Waals surface area (Å²) >= 11 is 6.08. The fourth-order valence-electron chi connectivity index (χ4n) is 7.40. The van der Waals surface area contributed by atoms with Gasteiger partial charge in [0, 0.05) is 49.9 Å². The maximum Gasteiger partial charge on any atom is 0.406 e. The van der Waals surface area contributed by atoms with Gasteiger partial charge < -0.3 is 35.0 Å². The van der Waals surface area contributed by atoms with Gasteiger partial charge in [-0.25, -0.2) is 14.6 Å². The number of alkyl carbamates (subject to hydrolysis) is 1. The van der Waals surface area contributed by atoms with E-state index in [1.54, 1.807) is 39.1 Å². The van der Waals surface area contributed by atoms with Crippen LogP contribution in [0.1, 0.15) is 63.1 Å². The summed E-state index contributed by atoms with van der Waals surface area (Å²) in [5.41, 5.74) is 5.63. The van der Waals surface area contributed by atoms with Crippen molar-refractivity contribution >= 4 is 35.5 Å². The molecule has 5 amide bonds. The van der Waals surface area contributed by atoms with Crippen molar-refractivity contribution in [1.29, 1.82) is 0 Å². The molecule has 4 N–H and O–H groups in total. The van der Waals surface area contributed by atoms with Crippen molar-refractivity contribution in [1.82, 2.24) is 35.9 Å². The Balaban J connectivity index is 1.38. The molecule has 0 spiro atoms. The molecule has 1 aromatic heterocycles. The highest BCUT2D eigenvalue weighted by atomic mass is 35.5. The van der Waals surface area contributed by atoms with Crippen LogP contribution in [0.3, 0.4) is 0 Å². The predicted octanol–water partition coefficient (Wildman–Crippen LogP) is 6.88. The first kappa shape index (κ1) is 47.4. The maximum atomic E-state index is 14.5. The standard InChI is InChI=1S/C47H60ClN7O7/c1-7-32(2)43(55-24-23-53(46(55)60)29-37-17-11-13-33(3)50-37)44(58)51-40(26-34-14-9-8-10-15-34)41(56)30-54(52-42(57)27-47(4,5)31-49-45(59)61-6)28-35-16-12-18-39(25-35)62-38-21-19-36(48)20-22-38/h8-22,25,32,40-41,43,56H,7,23-24,26-31H2,1-6H3,(H,49,59)(H,51,58)(H,52,57). The number of carbonyl (C=O) groups excluding carboxylic acids is 4.